The number of aromatic nitrogens is 1. The third kappa shape index (κ3) is 7.20. The fourth-order valence-corrected chi connectivity index (χ4v) is 6.46. The molecule has 1 aromatic carbocycles. The molecule has 5 rings (SSSR count). The van der Waals surface area contributed by atoms with Gasteiger partial charge in [-0.25, -0.2) is 0 Å². The summed E-state index contributed by atoms with van der Waals surface area (Å²) in [6, 6.07) is 11.8. The molecule has 0 bridgehead atoms. The van der Waals surface area contributed by atoms with Crippen molar-refractivity contribution in [2.45, 2.75) is 64.0 Å². The molecular formula is C29H39Cl3N4O2. The van der Waals surface area contributed by atoms with E-state index in [9.17, 15) is 9.59 Å². The first-order chi connectivity index (χ1) is 17.5. The predicted molar refractivity (Wildman–Crippen MR) is 156 cm³/mol. The molecule has 0 radical (unpaired) electrons. The van der Waals surface area contributed by atoms with Crippen LogP contribution in [-0.4, -0.2) is 52.8 Å². The number of carbonyl (C=O) groups excluding carboxylic acids is 2. The van der Waals surface area contributed by atoms with Gasteiger partial charge in [-0.15, -0.1) is 24.8 Å². The number of rotatable bonds is 8. The largest absolute Gasteiger partial charge is 0.349 e. The molecule has 1 N–H and O–H groups in total. The number of halogens is 3. The standard InChI is InChI=1S/C29H37ClN4O2.2ClH/c30-25-9-3-8-24(19-25)26(32-27(35)23-6-1-2-7-23)10-15-33-16-11-29(12-17-33)13-18-34(28(29)36)21-22-5-4-14-31-20-22;;/h3-5,8-9,14,19-20,23,26H,1-2,6-7,10-13,15-18,21H2,(H,32,35);2*1H. The summed E-state index contributed by atoms with van der Waals surface area (Å²) in [5.74, 6) is 0.636. The molecule has 3 fully saturated rings. The summed E-state index contributed by atoms with van der Waals surface area (Å²) in [4.78, 5) is 34.9. The smallest absolute Gasteiger partial charge is 0.229 e. The minimum absolute atomic E-state index is 0. The van der Waals surface area contributed by atoms with Gasteiger partial charge in [0.05, 0.1) is 11.5 Å². The van der Waals surface area contributed by atoms with Crippen molar-refractivity contribution >= 4 is 48.2 Å². The Morgan fingerprint density at radius 1 is 1.08 bits per heavy atom. The van der Waals surface area contributed by atoms with Crippen molar-refractivity contribution < 1.29 is 9.59 Å². The number of piperidine rings is 1. The van der Waals surface area contributed by atoms with Crippen LogP contribution >= 0.6 is 36.4 Å². The molecule has 1 aliphatic carbocycles. The second kappa shape index (κ2) is 14.0. The lowest BCUT2D eigenvalue weighted by Gasteiger charge is -2.38. The maximum Gasteiger partial charge on any atom is 0.229 e. The van der Waals surface area contributed by atoms with Crippen molar-refractivity contribution in [3.63, 3.8) is 0 Å². The van der Waals surface area contributed by atoms with E-state index >= 15 is 0 Å². The van der Waals surface area contributed by atoms with Crippen molar-refractivity contribution in [3.8, 4) is 0 Å². The van der Waals surface area contributed by atoms with E-state index in [0.29, 0.717) is 17.5 Å². The summed E-state index contributed by atoms with van der Waals surface area (Å²) < 4.78 is 0. The molecule has 2 aromatic rings. The van der Waals surface area contributed by atoms with E-state index in [1.165, 1.54) is 0 Å². The highest BCUT2D eigenvalue weighted by molar-refractivity contribution is 6.30. The maximum absolute atomic E-state index is 13.4. The van der Waals surface area contributed by atoms with Gasteiger partial charge in [-0.1, -0.05) is 42.6 Å². The number of hydrogen-bond acceptors (Lipinski definition) is 4. The molecule has 1 unspecified atom stereocenters. The van der Waals surface area contributed by atoms with Crippen molar-refractivity contribution in [2.24, 2.45) is 11.3 Å². The van der Waals surface area contributed by atoms with Gasteiger partial charge in [0.1, 0.15) is 0 Å². The zero-order valence-corrected chi connectivity index (χ0v) is 24.2. The van der Waals surface area contributed by atoms with Crippen LogP contribution in [0, 0.1) is 11.3 Å². The molecule has 38 heavy (non-hydrogen) atoms. The molecule has 1 aromatic heterocycles. The Hall–Kier alpha value is -1.86. The molecule has 2 saturated heterocycles. The Morgan fingerprint density at radius 3 is 2.50 bits per heavy atom. The van der Waals surface area contributed by atoms with Crippen molar-refractivity contribution in [1.29, 1.82) is 0 Å². The van der Waals surface area contributed by atoms with E-state index in [1.54, 1.807) is 6.20 Å². The van der Waals surface area contributed by atoms with Gasteiger partial charge in [-0.3, -0.25) is 14.6 Å². The highest BCUT2D eigenvalue weighted by Crippen LogP contribution is 2.42. The minimum Gasteiger partial charge on any atom is -0.349 e. The Morgan fingerprint density at radius 2 is 1.82 bits per heavy atom. The van der Waals surface area contributed by atoms with E-state index in [-0.39, 0.29) is 48.1 Å². The fourth-order valence-electron chi connectivity index (χ4n) is 6.26. The van der Waals surface area contributed by atoms with Crippen LogP contribution in [0.4, 0.5) is 0 Å². The van der Waals surface area contributed by atoms with Crippen LogP contribution in [0.25, 0.3) is 0 Å². The van der Waals surface area contributed by atoms with Gasteiger partial charge in [0.25, 0.3) is 0 Å². The molecule has 208 valence electrons. The number of nitrogens with zero attached hydrogens (tertiary/aromatic N) is 3. The van der Waals surface area contributed by atoms with E-state index in [1.807, 2.05) is 41.4 Å². The maximum atomic E-state index is 13.4. The first-order valence-electron chi connectivity index (χ1n) is 13.5. The second-order valence-corrected chi connectivity index (χ2v) is 11.3. The van der Waals surface area contributed by atoms with Crippen molar-refractivity contribution in [2.75, 3.05) is 26.2 Å². The molecule has 2 aliphatic heterocycles. The molecule has 3 aliphatic rings. The van der Waals surface area contributed by atoms with Crippen LogP contribution in [0.5, 0.6) is 0 Å². The number of hydrogen-bond donors (Lipinski definition) is 1. The van der Waals surface area contributed by atoms with E-state index in [0.717, 1.165) is 88.7 Å². The van der Waals surface area contributed by atoms with Crippen LogP contribution in [0.15, 0.2) is 48.8 Å². The van der Waals surface area contributed by atoms with Gasteiger partial charge in [-0.2, -0.15) is 0 Å². The first-order valence-corrected chi connectivity index (χ1v) is 13.9. The number of carbonyl (C=O) groups is 2. The Balaban J connectivity index is 0.00000200. The lowest BCUT2D eigenvalue weighted by molar-refractivity contribution is -0.139. The third-order valence-electron chi connectivity index (χ3n) is 8.54. The van der Waals surface area contributed by atoms with Crippen LogP contribution in [0.3, 0.4) is 0 Å². The lowest BCUT2D eigenvalue weighted by Crippen LogP contribution is -2.45. The Labute approximate surface area is 243 Å². The Kier molecular flexibility index (Phi) is 11.3. The normalized spacial score (nSPS) is 20.1. The monoisotopic (exact) mass is 580 g/mol. The van der Waals surface area contributed by atoms with Gasteiger partial charge in [0.15, 0.2) is 0 Å². The summed E-state index contributed by atoms with van der Waals surface area (Å²) >= 11 is 6.28. The van der Waals surface area contributed by atoms with E-state index in [2.05, 4.69) is 21.3 Å². The fraction of sp³-hybridized carbons (Fsp3) is 0.552. The van der Waals surface area contributed by atoms with Crippen molar-refractivity contribution in [1.82, 2.24) is 20.1 Å². The van der Waals surface area contributed by atoms with Gasteiger partial charge in [-0.05, 0) is 80.9 Å². The SMILES string of the molecule is Cl.Cl.O=C(NC(CCN1CCC2(CC1)CCN(Cc1cccnc1)C2=O)c1cccc(Cl)c1)C1CCCC1. The number of likely N-dealkylation sites (tertiary alicyclic amines) is 2. The van der Waals surface area contributed by atoms with E-state index in [4.69, 9.17) is 11.6 Å². The molecule has 6 nitrogen and oxygen atoms in total. The third-order valence-corrected chi connectivity index (χ3v) is 8.77. The summed E-state index contributed by atoms with van der Waals surface area (Å²) in [6.07, 6.45) is 11.5. The summed E-state index contributed by atoms with van der Waals surface area (Å²) in [5.41, 5.74) is 1.95. The predicted octanol–water partition coefficient (Wildman–Crippen LogP) is 5.83. The molecule has 1 atom stereocenters. The van der Waals surface area contributed by atoms with Gasteiger partial charge in [0, 0.05) is 43.0 Å². The highest BCUT2D eigenvalue weighted by Gasteiger charge is 2.47. The molecule has 2 amide bonds. The average Bonchev–Trinajstić information content (AvgIpc) is 3.54. The van der Waals surface area contributed by atoms with Gasteiger partial charge in [0.2, 0.25) is 11.8 Å². The van der Waals surface area contributed by atoms with E-state index < -0.39 is 0 Å². The highest BCUT2D eigenvalue weighted by atomic mass is 35.5. The molecule has 9 heteroatoms. The Bertz CT molecular complexity index is 1060. The topological polar surface area (TPSA) is 65.5 Å². The zero-order chi connectivity index (χ0) is 25.0. The molecule has 3 heterocycles. The minimum atomic E-state index is -0.207. The number of amides is 2. The zero-order valence-electron chi connectivity index (χ0n) is 21.8. The van der Waals surface area contributed by atoms with Crippen molar-refractivity contribution in [3.05, 3.63) is 64.9 Å². The number of benzene rings is 1. The number of pyridine rings is 1. The average molecular weight is 582 g/mol. The molecule has 1 spiro atoms. The van der Waals surface area contributed by atoms with Crippen LogP contribution in [0.2, 0.25) is 5.02 Å². The van der Waals surface area contributed by atoms with Crippen LogP contribution in [0.1, 0.15) is 68.5 Å². The van der Waals surface area contributed by atoms with Gasteiger partial charge >= 0.3 is 0 Å². The lowest BCUT2D eigenvalue weighted by atomic mass is 9.77. The van der Waals surface area contributed by atoms with Crippen LogP contribution < -0.4 is 5.32 Å². The molecule has 1 saturated carbocycles. The summed E-state index contributed by atoms with van der Waals surface area (Å²) in [6.45, 7) is 4.22. The first kappa shape index (κ1) is 30.7. The number of nitrogens with one attached hydrogen (secondary N) is 1. The summed E-state index contributed by atoms with van der Waals surface area (Å²) in [7, 11) is 0. The van der Waals surface area contributed by atoms with Crippen LogP contribution in [-0.2, 0) is 16.1 Å². The van der Waals surface area contributed by atoms with Gasteiger partial charge < -0.3 is 15.1 Å². The summed E-state index contributed by atoms with van der Waals surface area (Å²) in [5, 5.41) is 4.03. The second-order valence-electron chi connectivity index (χ2n) is 10.8. The molecular weight excluding hydrogens is 543 g/mol. The quantitative estimate of drug-likeness (QED) is 0.426.